The van der Waals surface area contributed by atoms with Gasteiger partial charge in [-0.2, -0.15) is 0 Å². The van der Waals surface area contributed by atoms with Crippen molar-refractivity contribution in [1.29, 1.82) is 0 Å². The van der Waals surface area contributed by atoms with Crippen LogP contribution in [0.4, 0.5) is 5.69 Å². The minimum absolute atomic E-state index is 0.729. The van der Waals surface area contributed by atoms with Crippen molar-refractivity contribution in [2.75, 3.05) is 12.4 Å². The van der Waals surface area contributed by atoms with E-state index in [1.54, 1.807) is 11.3 Å². The Kier molecular flexibility index (Phi) is 2.85. The minimum atomic E-state index is 0.729. The third-order valence-electron chi connectivity index (χ3n) is 3.44. The number of rotatable bonds is 3. The Morgan fingerprint density at radius 2 is 2.24 bits per heavy atom. The van der Waals surface area contributed by atoms with Crippen molar-refractivity contribution in [3.8, 4) is 10.6 Å². The summed E-state index contributed by atoms with van der Waals surface area (Å²) in [4.78, 5) is 4.77. The first-order valence-corrected chi connectivity index (χ1v) is 6.98. The van der Waals surface area contributed by atoms with E-state index in [1.807, 2.05) is 7.05 Å². The molecular formula is C14H16N2S. The van der Waals surface area contributed by atoms with Gasteiger partial charge in [-0.25, -0.2) is 4.98 Å². The van der Waals surface area contributed by atoms with Gasteiger partial charge in [-0.3, -0.25) is 0 Å². The van der Waals surface area contributed by atoms with Crippen LogP contribution in [0.1, 0.15) is 30.9 Å². The molecule has 3 rings (SSSR count). The predicted molar refractivity (Wildman–Crippen MR) is 73.7 cm³/mol. The zero-order chi connectivity index (χ0) is 11.7. The van der Waals surface area contributed by atoms with Gasteiger partial charge in [0, 0.05) is 29.6 Å². The lowest BCUT2D eigenvalue weighted by atomic mass is 9.83. The Morgan fingerprint density at radius 3 is 2.94 bits per heavy atom. The molecule has 1 fully saturated rings. The van der Waals surface area contributed by atoms with Gasteiger partial charge in [0.15, 0.2) is 0 Å². The van der Waals surface area contributed by atoms with Crippen molar-refractivity contribution in [3.63, 3.8) is 0 Å². The molecule has 0 unspecified atom stereocenters. The van der Waals surface area contributed by atoms with Gasteiger partial charge < -0.3 is 5.32 Å². The zero-order valence-electron chi connectivity index (χ0n) is 9.94. The van der Waals surface area contributed by atoms with Crippen LogP contribution in [0, 0.1) is 0 Å². The van der Waals surface area contributed by atoms with Gasteiger partial charge in [0.2, 0.25) is 0 Å². The summed E-state index contributed by atoms with van der Waals surface area (Å²) in [6.45, 7) is 0. The molecule has 2 aromatic rings. The molecular weight excluding hydrogens is 228 g/mol. The maximum absolute atomic E-state index is 4.77. The van der Waals surface area contributed by atoms with Gasteiger partial charge in [0.05, 0.1) is 5.69 Å². The number of hydrogen-bond acceptors (Lipinski definition) is 3. The summed E-state index contributed by atoms with van der Waals surface area (Å²) in [6, 6.07) is 8.43. The fourth-order valence-electron chi connectivity index (χ4n) is 2.12. The SMILES string of the molecule is CNc1cccc(-c2nc(C3CCC3)cs2)c1. The van der Waals surface area contributed by atoms with Gasteiger partial charge in [-0.15, -0.1) is 11.3 Å². The molecule has 1 saturated carbocycles. The van der Waals surface area contributed by atoms with E-state index in [4.69, 9.17) is 4.98 Å². The highest BCUT2D eigenvalue weighted by Crippen LogP contribution is 2.38. The summed E-state index contributed by atoms with van der Waals surface area (Å²) in [5.41, 5.74) is 3.65. The van der Waals surface area contributed by atoms with Gasteiger partial charge in [0.25, 0.3) is 0 Å². The van der Waals surface area contributed by atoms with E-state index in [0.29, 0.717) is 0 Å². The van der Waals surface area contributed by atoms with Crippen LogP contribution < -0.4 is 5.32 Å². The van der Waals surface area contributed by atoms with Crippen LogP contribution in [0.3, 0.4) is 0 Å². The van der Waals surface area contributed by atoms with Crippen LogP contribution >= 0.6 is 11.3 Å². The zero-order valence-corrected chi connectivity index (χ0v) is 10.8. The lowest BCUT2D eigenvalue weighted by Crippen LogP contribution is -2.08. The Balaban J connectivity index is 1.89. The summed E-state index contributed by atoms with van der Waals surface area (Å²) in [6.07, 6.45) is 4.01. The number of nitrogens with one attached hydrogen (secondary N) is 1. The Labute approximate surface area is 106 Å². The molecule has 17 heavy (non-hydrogen) atoms. The Hall–Kier alpha value is -1.35. The van der Waals surface area contributed by atoms with Crippen molar-refractivity contribution in [3.05, 3.63) is 35.3 Å². The maximum Gasteiger partial charge on any atom is 0.123 e. The molecule has 0 spiro atoms. The number of hydrogen-bond donors (Lipinski definition) is 1. The van der Waals surface area contributed by atoms with Crippen molar-refractivity contribution < 1.29 is 0 Å². The molecule has 1 N–H and O–H groups in total. The molecule has 3 heteroatoms. The van der Waals surface area contributed by atoms with E-state index in [0.717, 1.165) is 16.6 Å². The van der Waals surface area contributed by atoms with E-state index in [2.05, 4.69) is 35.0 Å². The molecule has 1 heterocycles. The van der Waals surface area contributed by atoms with Crippen LogP contribution in [0.5, 0.6) is 0 Å². The second kappa shape index (κ2) is 4.49. The summed E-state index contributed by atoms with van der Waals surface area (Å²) >= 11 is 1.76. The average Bonchev–Trinajstić information content (AvgIpc) is 2.76. The molecule has 0 bridgehead atoms. The molecule has 1 aromatic heterocycles. The molecule has 0 radical (unpaired) electrons. The highest BCUT2D eigenvalue weighted by atomic mass is 32.1. The average molecular weight is 244 g/mol. The normalized spacial score (nSPS) is 15.6. The van der Waals surface area contributed by atoms with Gasteiger partial charge in [0.1, 0.15) is 5.01 Å². The molecule has 1 aromatic carbocycles. The highest BCUT2D eigenvalue weighted by Gasteiger charge is 2.22. The van der Waals surface area contributed by atoms with Gasteiger partial charge in [-0.05, 0) is 25.0 Å². The van der Waals surface area contributed by atoms with E-state index in [-0.39, 0.29) is 0 Å². The monoisotopic (exact) mass is 244 g/mol. The number of aromatic nitrogens is 1. The molecule has 88 valence electrons. The largest absolute Gasteiger partial charge is 0.388 e. The van der Waals surface area contributed by atoms with Crippen molar-refractivity contribution in [2.24, 2.45) is 0 Å². The molecule has 0 saturated heterocycles. The predicted octanol–water partition coefficient (Wildman–Crippen LogP) is 4.12. The van der Waals surface area contributed by atoms with Crippen molar-refractivity contribution in [1.82, 2.24) is 4.98 Å². The first kappa shape index (κ1) is 10.8. The summed E-state index contributed by atoms with van der Waals surface area (Å²) in [7, 11) is 1.95. The standard InChI is InChI=1S/C14H16N2S/c1-15-12-7-3-6-11(8-12)14-16-13(9-17-14)10-4-2-5-10/h3,6-10,15H,2,4-5H2,1H3. The van der Waals surface area contributed by atoms with E-state index in [1.165, 1.54) is 30.5 Å². The smallest absolute Gasteiger partial charge is 0.123 e. The summed E-state index contributed by atoms with van der Waals surface area (Å²) in [5.74, 6) is 0.729. The van der Waals surface area contributed by atoms with Crippen LogP contribution in [0.15, 0.2) is 29.6 Å². The van der Waals surface area contributed by atoms with Crippen LogP contribution in [0.2, 0.25) is 0 Å². The van der Waals surface area contributed by atoms with E-state index in [9.17, 15) is 0 Å². The van der Waals surface area contributed by atoms with Crippen LogP contribution in [0.25, 0.3) is 10.6 Å². The van der Waals surface area contributed by atoms with Gasteiger partial charge >= 0.3 is 0 Å². The topological polar surface area (TPSA) is 24.9 Å². The van der Waals surface area contributed by atoms with Gasteiger partial charge in [-0.1, -0.05) is 18.6 Å². The quantitative estimate of drug-likeness (QED) is 0.878. The fraction of sp³-hybridized carbons (Fsp3) is 0.357. The minimum Gasteiger partial charge on any atom is -0.388 e. The number of benzene rings is 1. The number of nitrogens with zero attached hydrogens (tertiary/aromatic N) is 1. The van der Waals surface area contributed by atoms with Crippen LogP contribution in [-0.4, -0.2) is 12.0 Å². The molecule has 0 aliphatic heterocycles. The first-order chi connectivity index (χ1) is 8.36. The maximum atomic E-state index is 4.77. The number of anilines is 1. The first-order valence-electron chi connectivity index (χ1n) is 6.10. The van der Waals surface area contributed by atoms with E-state index >= 15 is 0 Å². The highest BCUT2D eigenvalue weighted by molar-refractivity contribution is 7.13. The summed E-state index contributed by atoms with van der Waals surface area (Å²) < 4.78 is 0. The third-order valence-corrected chi connectivity index (χ3v) is 4.35. The molecule has 1 aliphatic rings. The molecule has 2 nitrogen and oxygen atoms in total. The van der Waals surface area contributed by atoms with E-state index < -0.39 is 0 Å². The summed E-state index contributed by atoms with van der Waals surface area (Å²) in [5, 5.41) is 6.54. The third kappa shape index (κ3) is 2.07. The number of thiazole rings is 1. The van der Waals surface area contributed by atoms with Crippen molar-refractivity contribution in [2.45, 2.75) is 25.2 Å². The lowest BCUT2D eigenvalue weighted by molar-refractivity contribution is 0.413. The Bertz CT molecular complexity index is 514. The van der Waals surface area contributed by atoms with Crippen molar-refractivity contribution >= 4 is 17.0 Å². The Morgan fingerprint density at radius 1 is 1.35 bits per heavy atom. The molecule has 0 atom stereocenters. The second-order valence-electron chi connectivity index (χ2n) is 4.54. The second-order valence-corrected chi connectivity index (χ2v) is 5.39. The lowest BCUT2D eigenvalue weighted by Gasteiger charge is -2.22. The molecule has 0 amide bonds. The molecule has 1 aliphatic carbocycles. The fourth-order valence-corrected chi connectivity index (χ4v) is 3.02. The van der Waals surface area contributed by atoms with Crippen LogP contribution in [-0.2, 0) is 0 Å².